The largest absolute Gasteiger partial charge is 0.409 e. The van der Waals surface area contributed by atoms with Crippen molar-refractivity contribution in [2.75, 3.05) is 0 Å². The van der Waals surface area contributed by atoms with Crippen LogP contribution < -0.4 is 0 Å². The van der Waals surface area contributed by atoms with Crippen LogP contribution in [0.25, 0.3) is 11.5 Å². The highest BCUT2D eigenvalue weighted by molar-refractivity contribution is 9.10. The fourth-order valence-electron chi connectivity index (χ4n) is 1.33. The van der Waals surface area contributed by atoms with Crippen molar-refractivity contribution in [3.8, 4) is 11.5 Å². The van der Waals surface area contributed by atoms with Crippen LogP contribution in [-0.4, -0.2) is 15.6 Å². The Morgan fingerprint density at radius 2 is 2.12 bits per heavy atom. The van der Waals surface area contributed by atoms with Crippen molar-refractivity contribution < 1.29 is 9.21 Å². The quantitative estimate of drug-likeness (QED) is 0.816. The van der Waals surface area contributed by atoms with E-state index in [1.165, 1.54) is 11.6 Å². The number of Topliss-reactive ketones (excluding diaryl/α,β-unsaturated/α-hetero) is 1. The first-order valence-electron chi connectivity index (χ1n) is 4.89. The predicted molar refractivity (Wildman–Crippen MR) is 69.1 cm³/mol. The Balaban J connectivity index is 2.37. The minimum atomic E-state index is -0.0169. The third kappa shape index (κ3) is 2.89. The molecule has 0 atom stereocenters. The standard InChI is InChI=1S/C11H9BrN2O2S/c1-7(15)6-14-11(17)16-10(13-14)8-2-4-9(12)5-3-8/h2-5H,6H2,1H3. The van der Waals surface area contributed by atoms with E-state index in [2.05, 4.69) is 21.0 Å². The van der Waals surface area contributed by atoms with Crippen LogP contribution in [0.5, 0.6) is 0 Å². The molecule has 0 amide bonds. The van der Waals surface area contributed by atoms with Gasteiger partial charge >= 0.3 is 0 Å². The molecule has 0 spiro atoms. The second-order valence-electron chi connectivity index (χ2n) is 3.54. The number of benzene rings is 1. The van der Waals surface area contributed by atoms with Gasteiger partial charge in [0.2, 0.25) is 5.89 Å². The Morgan fingerprint density at radius 3 is 2.71 bits per heavy atom. The Morgan fingerprint density at radius 1 is 1.47 bits per heavy atom. The fraction of sp³-hybridized carbons (Fsp3) is 0.182. The Labute approximate surface area is 111 Å². The van der Waals surface area contributed by atoms with Crippen molar-refractivity contribution in [3.05, 3.63) is 33.6 Å². The van der Waals surface area contributed by atoms with Gasteiger partial charge in [-0.05, 0) is 43.4 Å². The van der Waals surface area contributed by atoms with Crippen molar-refractivity contribution >= 4 is 33.9 Å². The molecule has 0 N–H and O–H groups in total. The smallest absolute Gasteiger partial charge is 0.287 e. The van der Waals surface area contributed by atoms with Gasteiger partial charge < -0.3 is 4.42 Å². The van der Waals surface area contributed by atoms with E-state index >= 15 is 0 Å². The molecule has 1 heterocycles. The molecule has 0 aliphatic rings. The molecule has 17 heavy (non-hydrogen) atoms. The zero-order valence-corrected chi connectivity index (χ0v) is 11.4. The van der Waals surface area contributed by atoms with Crippen molar-refractivity contribution in [1.29, 1.82) is 0 Å². The number of hydrogen-bond donors (Lipinski definition) is 0. The summed E-state index contributed by atoms with van der Waals surface area (Å²) in [6, 6.07) is 7.50. The summed E-state index contributed by atoms with van der Waals surface area (Å²) in [5.41, 5.74) is 0.821. The highest BCUT2D eigenvalue weighted by Crippen LogP contribution is 2.20. The molecule has 6 heteroatoms. The fourth-order valence-corrected chi connectivity index (χ4v) is 1.77. The first-order chi connectivity index (χ1) is 8.06. The molecular weight excluding hydrogens is 304 g/mol. The van der Waals surface area contributed by atoms with Gasteiger partial charge in [0.1, 0.15) is 6.54 Å². The number of rotatable bonds is 3. The highest BCUT2D eigenvalue weighted by Gasteiger charge is 2.09. The average Bonchev–Trinajstić information content (AvgIpc) is 2.60. The lowest BCUT2D eigenvalue weighted by molar-refractivity contribution is -0.117. The van der Waals surface area contributed by atoms with Crippen molar-refractivity contribution in [2.45, 2.75) is 13.5 Å². The molecule has 2 aromatic rings. The number of nitrogens with zero attached hydrogens (tertiary/aromatic N) is 2. The maximum absolute atomic E-state index is 11.0. The zero-order valence-electron chi connectivity index (χ0n) is 9.01. The van der Waals surface area contributed by atoms with Crippen LogP contribution in [0.15, 0.2) is 33.2 Å². The van der Waals surface area contributed by atoms with Crippen LogP contribution in [0.1, 0.15) is 6.92 Å². The lowest BCUT2D eigenvalue weighted by Crippen LogP contribution is -2.07. The second-order valence-corrected chi connectivity index (χ2v) is 4.80. The second kappa shape index (κ2) is 4.93. The predicted octanol–water partition coefficient (Wildman–Crippen LogP) is 3.22. The Bertz CT molecular complexity index is 601. The molecular formula is C11H9BrN2O2S. The molecule has 4 nitrogen and oxygen atoms in total. The molecule has 1 aromatic carbocycles. The van der Waals surface area contributed by atoms with Gasteiger partial charge in [0.15, 0.2) is 5.78 Å². The average molecular weight is 313 g/mol. The topological polar surface area (TPSA) is 48.0 Å². The lowest BCUT2D eigenvalue weighted by atomic mass is 10.2. The van der Waals surface area contributed by atoms with Crippen LogP contribution in [0.2, 0.25) is 0 Å². The summed E-state index contributed by atoms with van der Waals surface area (Å²) in [7, 11) is 0. The minimum Gasteiger partial charge on any atom is -0.409 e. The van der Waals surface area contributed by atoms with E-state index in [4.69, 9.17) is 16.6 Å². The molecule has 0 fully saturated rings. The summed E-state index contributed by atoms with van der Waals surface area (Å²) in [5.74, 6) is 0.403. The minimum absolute atomic E-state index is 0.0169. The molecule has 88 valence electrons. The molecule has 0 unspecified atom stereocenters. The van der Waals surface area contributed by atoms with Crippen molar-refractivity contribution in [2.24, 2.45) is 0 Å². The van der Waals surface area contributed by atoms with E-state index in [9.17, 15) is 4.79 Å². The van der Waals surface area contributed by atoms with E-state index in [1.54, 1.807) is 0 Å². The first-order valence-corrected chi connectivity index (χ1v) is 6.10. The van der Waals surface area contributed by atoms with Crippen LogP contribution in [0.3, 0.4) is 0 Å². The summed E-state index contributed by atoms with van der Waals surface area (Å²) in [6.07, 6.45) is 0. The third-order valence-electron chi connectivity index (χ3n) is 2.07. The molecule has 0 saturated heterocycles. The van der Waals surface area contributed by atoms with E-state index in [0.29, 0.717) is 5.89 Å². The van der Waals surface area contributed by atoms with Gasteiger partial charge in [0.05, 0.1) is 0 Å². The van der Waals surface area contributed by atoms with Crippen LogP contribution in [0.4, 0.5) is 0 Å². The van der Waals surface area contributed by atoms with Crippen molar-refractivity contribution in [1.82, 2.24) is 9.78 Å². The maximum atomic E-state index is 11.0. The van der Waals surface area contributed by atoms with Crippen LogP contribution in [0, 0.1) is 4.84 Å². The summed E-state index contributed by atoms with van der Waals surface area (Å²) in [6.45, 7) is 1.62. The summed E-state index contributed by atoms with van der Waals surface area (Å²) in [4.78, 5) is 11.2. The molecule has 0 saturated carbocycles. The number of carbonyl (C=O) groups excluding carboxylic acids is 1. The summed E-state index contributed by atoms with van der Waals surface area (Å²) in [5, 5.41) is 4.16. The van der Waals surface area contributed by atoms with Gasteiger partial charge in [0, 0.05) is 10.0 Å². The lowest BCUT2D eigenvalue weighted by Gasteiger charge is -1.94. The van der Waals surface area contributed by atoms with Crippen molar-refractivity contribution in [3.63, 3.8) is 0 Å². The van der Waals surface area contributed by atoms with Gasteiger partial charge in [0.25, 0.3) is 4.84 Å². The molecule has 2 rings (SSSR count). The maximum Gasteiger partial charge on any atom is 0.287 e. The highest BCUT2D eigenvalue weighted by atomic mass is 79.9. The van der Waals surface area contributed by atoms with Gasteiger partial charge in [-0.2, -0.15) is 0 Å². The van der Waals surface area contributed by atoms with Gasteiger partial charge in [-0.1, -0.05) is 15.9 Å². The number of aromatic nitrogens is 2. The Kier molecular flexibility index (Phi) is 3.54. The van der Waals surface area contributed by atoms with E-state index < -0.39 is 0 Å². The molecule has 0 aliphatic heterocycles. The monoisotopic (exact) mass is 312 g/mol. The molecule has 0 radical (unpaired) electrons. The van der Waals surface area contributed by atoms with Gasteiger partial charge in [-0.15, -0.1) is 5.10 Å². The molecule has 1 aromatic heterocycles. The van der Waals surface area contributed by atoms with E-state index in [0.717, 1.165) is 10.0 Å². The zero-order chi connectivity index (χ0) is 12.4. The summed E-state index contributed by atoms with van der Waals surface area (Å²) >= 11 is 8.34. The number of halogens is 1. The SMILES string of the molecule is CC(=O)Cn1nc(-c2ccc(Br)cc2)oc1=S. The van der Waals surface area contributed by atoms with Crippen LogP contribution >= 0.6 is 28.1 Å². The normalized spacial score (nSPS) is 10.5. The molecule has 0 aliphatic carbocycles. The van der Waals surface area contributed by atoms with Gasteiger partial charge in [-0.25, -0.2) is 4.68 Å². The van der Waals surface area contributed by atoms with Gasteiger partial charge in [-0.3, -0.25) is 4.79 Å². The number of hydrogen-bond acceptors (Lipinski definition) is 4. The number of ketones is 1. The Hall–Kier alpha value is -1.27. The first kappa shape index (κ1) is 12.2. The number of carbonyl (C=O) groups is 1. The van der Waals surface area contributed by atoms with E-state index in [-0.39, 0.29) is 17.2 Å². The van der Waals surface area contributed by atoms with Crippen LogP contribution in [-0.2, 0) is 11.3 Å². The van der Waals surface area contributed by atoms with E-state index in [1.807, 2.05) is 24.3 Å². The summed E-state index contributed by atoms with van der Waals surface area (Å²) < 4.78 is 7.70. The third-order valence-corrected chi connectivity index (χ3v) is 2.89. The molecule has 0 bridgehead atoms.